The van der Waals surface area contributed by atoms with E-state index in [9.17, 15) is 4.79 Å². The summed E-state index contributed by atoms with van der Waals surface area (Å²) in [5, 5.41) is 4.35. The maximum absolute atomic E-state index is 12.8. The van der Waals surface area contributed by atoms with Crippen molar-refractivity contribution >= 4 is 17.2 Å². The Morgan fingerprint density at radius 1 is 1.29 bits per heavy atom. The molecule has 5 heteroatoms. The molecule has 1 aromatic carbocycles. The van der Waals surface area contributed by atoms with Crippen LogP contribution < -0.4 is 5.32 Å². The predicted octanol–water partition coefficient (Wildman–Crippen LogP) is 3.64. The van der Waals surface area contributed by atoms with Crippen molar-refractivity contribution in [2.45, 2.75) is 32.7 Å². The maximum Gasteiger partial charge on any atom is 0.226 e. The number of benzene rings is 1. The minimum atomic E-state index is 0.0577. The van der Waals surface area contributed by atoms with E-state index in [2.05, 4.69) is 24.4 Å². The highest BCUT2D eigenvalue weighted by molar-refractivity contribution is 7.15. The summed E-state index contributed by atoms with van der Waals surface area (Å²) >= 11 is 1.70. The minimum absolute atomic E-state index is 0.0577. The number of thiazole rings is 1. The number of aromatic nitrogens is 1. The average molecular weight is 343 g/mol. The summed E-state index contributed by atoms with van der Waals surface area (Å²) < 4.78 is 0. The molecule has 0 bridgehead atoms. The lowest BCUT2D eigenvalue weighted by atomic mass is 9.96. The van der Waals surface area contributed by atoms with Gasteiger partial charge in [-0.05, 0) is 39.8 Å². The van der Waals surface area contributed by atoms with Crippen LogP contribution in [0.3, 0.4) is 0 Å². The highest BCUT2D eigenvalue weighted by Gasteiger charge is 2.28. The molecule has 128 valence electrons. The summed E-state index contributed by atoms with van der Waals surface area (Å²) in [5.74, 6) is 0.415. The third-order valence-corrected chi connectivity index (χ3v) is 6.23. The summed E-state index contributed by atoms with van der Waals surface area (Å²) in [7, 11) is 1.93. The van der Waals surface area contributed by atoms with Crippen molar-refractivity contribution in [3.63, 3.8) is 0 Å². The topological polar surface area (TPSA) is 45.2 Å². The molecule has 0 spiro atoms. The molecule has 1 aliphatic rings. The van der Waals surface area contributed by atoms with Gasteiger partial charge < -0.3 is 10.2 Å². The quantitative estimate of drug-likeness (QED) is 0.922. The van der Waals surface area contributed by atoms with E-state index in [4.69, 9.17) is 4.98 Å². The van der Waals surface area contributed by atoms with Gasteiger partial charge in [0.2, 0.25) is 5.91 Å². The average Bonchev–Trinajstić information content (AvgIpc) is 3.03. The number of piperidine rings is 1. The van der Waals surface area contributed by atoms with Gasteiger partial charge in [0.05, 0.1) is 16.6 Å². The van der Waals surface area contributed by atoms with Crippen molar-refractivity contribution in [2.75, 3.05) is 20.1 Å². The first-order valence-corrected chi connectivity index (χ1v) is 9.39. The molecule has 0 aliphatic carbocycles. The number of hydrogen-bond acceptors (Lipinski definition) is 4. The summed E-state index contributed by atoms with van der Waals surface area (Å²) in [5.41, 5.74) is 2.16. The lowest BCUT2D eigenvalue weighted by Crippen LogP contribution is -2.40. The summed E-state index contributed by atoms with van der Waals surface area (Å²) in [6.45, 7) is 6.03. The second-order valence-electron chi connectivity index (χ2n) is 6.48. The number of nitrogens with zero attached hydrogens (tertiary/aromatic N) is 2. The Balaban J connectivity index is 1.78. The van der Waals surface area contributed by atoms with Crippen LogP contribution in [0.1, 0.15) is 36.4 Å². The summed E-state index contributed by atoms with van der Waals surface area (Å²) in [6, 6.07) is 10.3. The van der Waals surface area contributed by atoms with Gasteiger partial charge in [-0.2, -0.15) is 0 Å². The fourth-order valence-corrected chi connectivity index (χ4v) is 4.39. The van der Waals surface area contributed by atoms with Crippen LogP contribution >= 0.6 is 11.3 Å². The van der Waals surface area contributed by atoms with Gasteiger partial charge in [0.25, 0.3) is 0 Å². The molecule has 2 heterocycles. The monoisotopic (exact) mass is 343 g/mol. The molecule has 1 aliphatic heterocycles. The van der Waals surface area contributed by atoms with Crippen LogP contribution in [-0.2, 0) is 4.79 Å². The zero-order valence-corrected chi connectivity index (χ0v) is 15.4. The molecule has 2 aromatic rings. The Labute approximate surface area is 147 Å². The first kappa shape index (κ1) is 17.1. The number of rotatable bonds is 4. The molecule has 4 nitrogen and oxygen atoms in total. The minimum Gasteiger partial charge on any atom is -0.338 e. The van der Waals surface area contributed by atoms with E-state index in [0.717, 1.165) is 42.2 Å². The number of hydrogen-bond donors (Lipinski definition) is 1. The lowest BCUT2D eigenvalue weighted by Gasteiger charge is -2.30. The van der Waals surface area contributed by atoms with E-state index >= 15 is 0 Å². The van der Waals surface area contributed by atoms with Gasteiger partial charge in [-0.25, -0.2) is 4.98 Å². The normalized spacial score (nSPS) is 16.8. The molecule has 3 rings (SSSR count). The predicted molar refractivity (Wildman–Crippen MR) is 99.1 cm³/mol. The first-order valence-electron chi connectivity index (χ1n) is 8.58. The van der Waals surface area contributed by atoms with Crippen LogP contribution in [-0.4, -0.2) is 35.9 Å². The Morgan fingerprint density at radius 3 is 2.62 bits per heavy atom. The highest BCUT2D eigenvalue weighted by atomic mass is 32.1. The Kier molecular flexibility index (Phi) is 5.31. The lowest BCUT2D eigenvalue weighted by molar-refractivity contribution is -0.136. The molecular formula is C19H25N3OS. The van der Waals surface area contributed by atoms with Crippen LogP contribution in [0.2, 0.25) is 0 Å². The Hall–Kier alpha value is -1.72. The molecule has 0 radical (unpaired) electrons. The number of carbonyl (C=O) groups excluding carboxylic acids is 1. The van der Waals surface area contributed by atoms with Crippen molar-refractivity contribution in [2.24, 2.45) is 5.92 Å². The summed E-state index contributed by atoms with van der Waals surface area (Å²) in [6.07, 6.45) is 1.87. The van der Waals surface area contributed by atoms with Crippen molar-refractivity contribution in [1.29, 1.82) is 0 Å². The Morgan fingerprint density at radius 2 is 1.96 bits per heavy atom. The molecule has 1 saturated heterocycles. The third kappa shape index (κ3) is 3.52. The number of carbonyl (C=O) groups is 1. The van der Waals surface area contributed by atoms with E-state index in [1.54, 1.807) is 11.3 Å². The zero-order valence-electron chi connectivity index (χ0n) is 14.6. The second kappa shape index (κ2) is 7.45. The van der Waals surface area contributed by atoms with Gasteiger partial charge in [0, 0.05) is 18.5 Å². The fraction of sp³-hybridized carbons (Fsp3) is 0.474. The standard InChI is InChI=1S/C19H25N3OS/c1-13-17(24-18(21-13)15-7-5-4-6-8-15)14(2)22(3)19(23)16-9-11-20-12-10-16/h4-8,14,16,20H,9-12H2,1-3H3. The second-order valence-corrected chi connectivity index (χ2v) is 7.51. The third-order valence-electron chi connectivity index (χ3n) is 4.85. The Bertz CT molecular complexity index is 692. The van der Waals surface area contributed by atoms with E-state index in [1.807, 2.05) is 37.1 Å². The molecule has 1 atom stereocenters. The van der Waals surface area contributed by atoms with E-state index in [-0.39, 0.29) is 17.9 Å². The van der Waals surface area contributed by atoms with Gasteiger partial charge in [-0.1, -0.05) is 30.3 Å². The molecule has 1 N–H and O–H groups in total. The van der Waals surface area contributed by atoms with Gasteiger partial charge in [-0.3, -0.25) is 4.79 Å². The van der Waals surface area contributed by atoms with Crippen molar-refractivity contribution < 1.29 is 4.79 Å². The molecule has 1 unspecified atom stereocenters. The highest BCUT2D eigenvalue weighted by Crippen LogP contribution is 2.34. The van der Waals surface area contributed by atoms with Crippen molar-refractivity contribution in [3.05, 3.63) is 40.9 Å². The number of nitrogens with one attached hydrogen (secondary N) is 1. The summed E-state index contributed by atoms with van der Waals surface area (Å²) in [4.78, 5) is 20.6. The van der Waals surface area contributed by atoms with Crippen molar-refractivity contribution in [1.82, 2.24) is 15.2 Å². The van der Waals surface area contributed by atoms with Crippen molar-refractivity contribution in [3.8, 4) is 10.6 Å². The van der Waals surface area contributed by atoms with Gasteiger partial charge >= 0.3 is 0 Å². The number of aryl methyl sites for hydroxylation is 1. The molecule has 1 fully saturated rings. The van der Waals surface area contributed by atoms with Crippen LogP contribution in [0.4, 0.5) is 0 Å². The molecule has 1 amide bonds. The zero-order chi connectivity index (χ0) is 17.1. The fourth-order valence-electron chi connectivity index (χ4n) is 3.22. The molecule has 1 aromatic heterocycles. The molecule has 0 saturated carbocycles. The first-order chi connectivity index (χ1) is 11.6. The van der Waals surface area contributed by atoms with Gasteiger partial charge in [0.1, 0.15) is 5.01 Å². The molecular weight excluding hydrogens is 318 g/mol. The van der Waals surface area contributed by atoms with Crippen LogP contribution in [0, 0.1) is 12.8 Å². The number of amides is 1. The van der Waals surface area contributed by atoms with Gasteiger partial charge in [-0.15, -0.1) is 11.3 Å². The van der Waals surface area contributed by atoms with Crippen LogP contribution in [0.25, 0.3) is 10.6 Å². The van der Waals surface area contributed by atoms with E-state index in [1.165, 1.54) is 4.88 Å². The largest absolute Gasteiger partial charge is 0.338 e. The maximum atomic E-state index is 12.8. The van der Waals surface area contributed by atoms with E-state index < -0.39 is 0 Å². The van der Waals surface area contributed by atoms with Crippen LogP contribution in [0.5, 0.6) is 0 Å². The smallest absolute Gasteiger partial charge is 0.226 e. The van der Waals surface area contributed by atoms with Crippen LogP contribution in [0.15, 0.2) is 30.3 Å². The van der Waals surface area contributed by atoms with E-state index in [0.29, 0.717) is 0 Å². The molecule has 24 heavy (non-hydrogen) atoms. The van der Waals surface area contributed by atoms with Gasteiger partial charge in [0.15, 0.2) is 0 Å². The SMILES string of the molecule is Cc1nc(-c2ccccc2)sc1C(C)N(C)C(=O)C1CCNCC1.